The number of carbonyl (C=O) groups excluding carboxylic acids is 1. The predicted molar refractivity (Wildman–Crippen MR) is 146 cm³/mol. The molecule has 0 aliphatic heterocycles. The summed E-state index contributed by atoms with van der Waals surface area (Å²) in [6.07, 6.45) is 4.42. The molecule has 0 aliphatic carbocycles. The number of benzene rings is 3. The lowest BCUT2D eigenvalue weighted by Gasteiger charge is -2.10. The van der Waals surface area contributed by atoms with Gasteiger partial charge in [0, 0.05) is 28.6 Å². The van der Waals surface area contributed by atoms with Crippen molar-refractivity contribution in [3.05, 3.63) is 105 Å². The van der Waals surface area contributed by atoms with Gasteiger partial charge in [-0.15, -0.1) is 10.2 Å². The number of hydrazone groups is 1. The smallest absolute Gasteiger partial charge is 0.272 e. The van der Waals surface area contributed by atoms with E-state index >= 15 is 0 Å². The highest BCUT2D eigenvalue weighted by Crippen LogP contribution is 2.29. The Bertz CT molecular complexity index is 1470. The zero-order chi connectivity index (χ0) is 26.2. The fourth-order valence-electron chi connectivity index (χ4n) is 3.33. The summed E-state index contributed by atoms with van der Waals surface area (Å²) in [5.74, 6) is 0.337. The van der Waals surface area contributed by atoms with E-state index in [9.17, 15) is 14.9 Å². The van der Waals surface area contributed by atoms with Gasteiger partial charge in [-0.2, -0.15) is 5.10 Å². The molecule has 0 saturated heterocycles. The standard InChI is InChI=1S/C26H21ClN6O3S/c1-18-8-14-22(15-9-18)32-25(20-10-12-21(27)13-11-20)30-31-26(32)37-17-24(34)29-28-16-4-6-19-5-2-3-7-23(19)33(35)36/h2-16H,17H2,1H3,(H,29,34)/b6-4+,28-16+. The molecular formula is C26H21ClN6O3S. The second kappa shape index (κ2) is 12.1. The average molecular weight is 533 g/mol. The van der Waals surface area contributed by atoms with Crippen LogP contribution in [0, 0.1) is 17.0 Å². The highest BCUT2D eigenvalue weighted by Gasteiger charge is 2.17. The lowest BCUT2D eigenvalue weighted by Crippen LogP contribution is -2.19. The molecule has 1 heterocycles. The van der Waals surface area contributed by atoms with Crippen molar-refractivity contribution < 1.29 is 9.72 Å². The molecule has 0 aliphatic rings. The molecule has 0 saturated carbocycles. The SMILES string of the molecule is Cc1ccc(-n2c(SCC(=O)N/N=C/C=C/c3ccccc3[N+](=O)[O-])nnc2-c2ccc(Cl)cc2)cc1. The maximum absolute atomic E-state index is 12.4. The van der Waals surface area contributed by atoms with Crippen LogP contribution in [0.25, 0.3) is 23.2 Å². The van der Waals surface area contributed by atoms with Gasteiger partial charge in [0.15, 0.2) is 11.0 Å². The van der Waals surface area contributed by atoms with Crippen LogP contribution in [0.4, 0.5) is 5.69 Å². The predicted octanol–water partition coefficient (Wildman–Crippen LogP) is 5.71. The number of hydrogen-bond donors (Lipinski definition) is 1. The van der Waals surface area contributed by atoms with Crippen molar-refractivity contribution in [1.29, 1.82) is 0 Å². The fraction of sp³-hybridized carbons (Fsp3) is 0.0769. The van der Waals surface area contributed by atoms with Crippen molar-refractivity contribution in [3.63, 3.8) is 0 Å². The number of aromatic nitrogens is 3. The number of rotatable bonds is 9. The number of para-hydroxylation sites is 1. The van der Waals surface area contributed by atoms with Crippen LogP contribution in [-0.4, -0.2) is 37.6 Å². The summed E-state index contributed by atoms with van der Waals surface area (Å²) in [5, 5.41) is 24.8. The number of nitrogens with zero attached hydrogens (tertiary/aromatic N) is 5. The van der Waals surface area contributed by atoms with Crippen LogP contribution in [0.15, 0.2) is 89.1 Å². The molecule has 1 N–H and O–H groups in total. The maximum atomic E-state index is 12.4. The molecule has 0 spiro atoms. The van der Waals surface area contributed by atoms with Crippen LogP contribution >= 0.6 is 23.4 Å². The molecule has 11 heteroatoms. The third kappa shape index (κ3) is 6.69. The van der Waals surface area contributed by atoms with Gasteiger partial charge in [0.05, 0.1) is 16.2 Å². The molecule has 186 valence electrons. The summed E-state index contributed by atoms with van der Waals surface area (Å²) < 4.78 is 1.89. The lowest BCUT2D eigenvalue weighted by atomic mass is 10.2. The molecule has 1 amide bonds. The van der Waals surface area contributed by atoms with Crippen LogP contribution in [0.3, 0.4) is 0 Å². The largest absolute Gasteiger partial charge is 0.276 e. The van der Waals surface area contributed by atoms with Gasteiger partial charge in [-0.05, 0) is 61.5 Å². The van der Waals surface area contributed by atoms with E-state index in [0.717, 1.165) is 16.8 Å². The molecule has 0 unspecified atom stereocenters. The van der Waals surface area contributed by atoms with E-state index in [1.54, 1.807) is 36.4 Å². The van der Waals surface area contributed by atoms with Crippen molar-refractivity contribution in [2.75, 3.05) is 5.75 Å². The van der Waals surface area contributed by atoms with Crippen LogP contribution < -0.4 is 5.43 Å². The Morgan fingerprint density at radius 1 is 1.11 bits per heavy atom. The normalized spacial score (nSPS) is 11.3. The van der Waals surface area contributed by atoms with Gasteiger partial charge in [-0.1, -0.05) is 53.2 Å². The molecule has 1 aromatic heterocycles. The summed E-state index contributed by atoms with van der Waals surface area (Å²) in [4.78, 5) is 23.0. The van der Waals surface area contributed by atoms with Crippen molar-refractivity contribution in [3.8, 4) is 17.1 Å². The van der Waals surface area contributed by atoms with E-state index in [1.807, 2.05) is 47.9 Å². The van der Waals surface area contributed by atoms with E-state index in [2.05, 4.69) is 20.7 Å². The maximum Gasteiger partial charge on any atom is 0.276 e. The first-order valence-corrected chi connectivity index (χ1v) is 12.4. The van der Waals surface area contributed by atoms with E-state index in [0.29, 0.717) is 21.6 Å². The summed E-state index contributed by atoms with van der Waals surface area (Å²) in [6, 6.07) is 21.6. The zero-order valence-corrected chi connectivity index (χ0v) is 21.2. The van der Waals surface area contributed by atoms with Gasteiger partial charge in [0.2, 0.25) is 0 Å². The summed E-state index contributed by atoms with van der Waals surface area (Å²) in [6.45, 7) is 2.01. The van der Waals surface area contributed by atoms with E-state index in [-0.39, 0.29) is 17.3 Å². The van der Waals surface area contributed by atoms with E-state index in [4.69, 9.17) is 11.6 Å². The second-order valence-corrected chi connectivity index (χ2v) is 9.14. The van der Waals surface area contributed by atoms with Crippen LogP contribution in [0.2, 0.25) is 5.02 Å². The molecular weight excluding hydrogens is 512 g/mol. The first kappa shape index (κ1) is 25.8. The molecule has 4 rings (SSSR count). The second-order valence-electron chi connectivity index (χ2n) is 7.76. The molecule has 0 atom stereocenters. The molecule has 37 heavy (non-hydrogen) atoms. The van der Waals surface area contributed by atoms with Crippen LogP contribution in [0.5, 0.6) is 0 Å². The molecule has 4 aromatic rings. The number of amides is 1. The summed E-state index contributed by atoms with van der Waals surface area (Å²) >= 11 is 7.26. The fourth-order valence-corrected chi connectivity index (χ4v) is 4.20. The molecule has 0 bridgehead atoms. The van der Waals surface area contributed by atoms with Crippen molar-refractivity contribution in [2.45, 2.75) is 12.1 Å². The highest BCUT2D eigenvalue weighted by atomic mass is 35.5. The van der Waals surface area contributed by atoms with Crippen LogP contribution in [0.1, 0.15) is 11.1 Å². The molecule has 0 radical (unpaired) electrons. The van der Waals surface area contributed by atoms with Crippen LogP contribution in [-0.2, 0) is 4.79 Å². The third-order valence-corrected chi connectivity index (χ3v) is 6.30. The summed E-state index contributed by atoms with van der Waals surface area (Å²) in [5.41, 5.74) is 5.68. The number of halogens is 1. The third-order valence-electron chi connectivity index (χ3n) is 5.12. The Morgan fingerprint density at radius 2 is 1.84 bits per heavy atom. The Labute approximate surface area is 222 Å². The number of carbonyl (C=O) groups is 1. The van der Waals surface area contributed by atoms with Gasteiger partial charge in [-0.3, -0.25) is 19.5 Å². The van der Waals surface area contributed by atoms with Crippen molar-refractivity contribution >= 4 is 47.2 Å². The monoisotopic (exact) mass is 532 g/mol. The van der Waals surface area contributed by atoms with Gasteiger partial charge < -0.3 is 0 Å². The number of nitro benzene ring substituents is 1. The minimum Gasteiger partial charge on any atom is -0.272 e. The Morgan fingerprint density at radius 3 is 2.57 bits per heavy atom. The van der Waals surface area contributed by atoms with Gasteiger partial charge in [0.25, 0.3) is 11.6 Å². The number of hydrogen-bond acceptors (Lipinski definition) is 7. The summed E-state index contributed by atoms with van der Waals surface area (Å²) in [7, 11) is 0. The minimum absolute atomic E-state index is 0.0109. The van der Waals surface area contributed by atoms with E-state index in [1.165, 1.54) is 30.1 Å². The Balaban J connectivity index is 1.44. The Hall–Kier alpha value is -4.28. The number of nitro groups is 1. The number of thioether (sulfide) groups is 1. The van der Waals surface area contributed by atoms with Crippen molar-refractivity contribution in [1.82, 2.24) is 20.2 Å². The Kier molecular flexibility index (Phi) is 8.44. The number of nitrogens with one attached hydrogen (secondary N) is 1. The first-order chi connectivity index (χ1) is 17.9. The minimum atomic E-state index is -0.455. The molecule has 3 aromatic carbocycles. The van der Waals surface area contributed by atoms with Gasteiger partial charge >= 0.3 is 0 Å². The van der Waals surface area contributed by atoms with Gasteiger partial charge in [-0.25, -0.2) is 5.43 Å². The molecule has 9 nitrogen and oxygen atoms in total. The highest BCUT2D eigenvalue weighted by molar-refractivity contribution is 7.99. The lowest BCUT2D eigenvalue weighted by molar-refractivity contribution is -0.385. The quantitative estimate of drug-likeness (QED) is 0.128. The van der Waals surface area contributed by atoms with Gasteiger partial charge in [0.1, 0.15) is 0 Å². The zero-order valence-electron chi connectivity index (χ0n) is 19.6. The number of aryl methyl sites for hydroxylation is 1. The average Bonchev–Trinajstić information content (AvgIpc) is 3.32. The van der Waals surface area contributed by atoms with E-state index < -0.39 is 4.92 Å². The molecule has 0 fully saturated rings. The number of allylic oxidation sites excluding steroid dienone is 1. The van der Waals surface area contributed by atoms with Crippen molar-refractivity contribution in [2.24, 2.45) is 5.10 Å². The topological polar surface area (TPSA) is 115 Å². The first-order valence-electron chi connectivity index (χ1n) is 11.1.